The van der Waals surface area contributed by atoms with Crippen LogP contribution < -0.4 is 15.0 Å². The van der Waals surface area contributed by atoms with Gasteiger partial charge in [0.2, 0.25) is 0 Å². The minimum absolute atomic E-state index is 0.0702. The summed E-state index contributed by atoms with van der Waals surface area (Å²) in [6, 6.07) is 22.6. The number of carbonyl (C=O) groups is 2. The van der Waals surface area contributed by atoms with Crippen LogP contribution in [0.15, 0.2) is 72.8 Å². The summed E-state index contributed by atoms with van der Waals surface area (Å²) in [7, 11) is 1.69. The minimum atomic E-state index is -0.789. The Morgan fingerprint density at radius 1 is 1.06 bits per heavy atom. The lowest BCUT2D eigenvalue weighted by Crippen LogP contribution is -2.49. The number of carbonyl (C=O) groups excluding carboxylic acids is 2. The summed E-state index contributed by atoms with van der Waals surface area (Å²) in [6.07, 6.45) is 0. The number of anilines is 1. The van der Waals surface area contributed by atoms with Gasteiger partial charge in [0.1, 0.15) is 24.1 Å². The molecule has 160 valence electrons. The summed E-state index contributed by atoms with van der Waals surface area (Å²) >= 11 is 0. The molecule has 1 aliphatic rings. The topological polar surface area (TPSA) is 74.4 Å². The maximum Gasteiger partial charge on any atom is 0.268 e. The van der Waals surface area contributed by atoms with Crippen LogP contribution in [-0.2, 0) is 4.79 Å². The van der Waals surface area contributed by atoms with Crippen LogP contribution in [0.1, 0.15) is 16.1 Å². The van der Waals surface area contributed by atoms with Gasteiger partial charge in [-0.3, -0.25) is 9.59 Å². The summed E-state index contributed by atoms with van der Waals surface area (Å²) in [5.41, 5.74) is 5.25. The highest BCUT2D eigenvalue weighted by molar-refractivity contribution is 6.05. The van der Waals surface area contributed by atoms with Gasteiger partial charge in [0.05, 0.1) is 11.2 Å². The van der Waals surface area contributed by atoms with E-state index in [1.165, 1.54) is 10.5 Å². The zero-order valence-corrected chi connectivity index (χ0v) is 17.9. The monoisotopic (exact) mass is 425 g/mol. The predicted molar refractivity (Wildman–Crippen MR) is 125 cm³/mol. The number of aromatic amines is 1. The largest absolute Gasteiger partial charge is 0.489 e. The fraction of sp³-hybridized carbons (Fsp3) is 0.154. The van der Waals surface area contributed by atoms with Crippen molar-refractivity contribution in [2.24, 2.45) is 0 Å². The number of hydrogen-bond acceptors (Lipinski definition) is 3. The second kappa shape index (κ2) is 7.89. The van der Waals surface area contributed by atoms with Crippen molar-refractivity contribution in [2.75, 3.05) is 18.6 Å². The lowest BCUT2D eigenvalue weighted by Gasteiger charge is -2.20. The van der Waals surface area contributed by atoms with E-state index in [-0.39, 0.29) is 18.4 Å². The minimum Gasteiger partial charge on any atom is -0.489 e. The van der Waals surface area contributed by atoms with Gasteiger partial charge in [-0.15, -0.1) is 0 Å². The van der Waals surface area contributed by atoms with Gasteiger partial charge in [0, 0.05) is 18.0 Å². The Hall–Kier alpha value is -4.06. The normalized spacial score (nSPS) is 15.8. The Labute approximate surface area is 185 Å². The number of rotatable bonds is 3. The summed E-state index contributed by atoms with van der Waals surface area (Å²) in [5.74, 6) is 0.0468. The number of likely N-dealkylation sites (N-methyl/N-ethyl adjacent to an activating group) is 1. The first-order valence-corrected chi connectivity index (χ1v) is 10.5. The number of aryl methyl sites for hydroxylation is 1. The van der Waals surface area contributed by atoms with E-state index in [0.29, 0.717) is 17.1 Å². The van der Waals surface area contributed by atoms with E-state index >= 15 is 0 Å². The van der Waals surface area contributed by atoms with Crippen LogP contribution in [0.4, 0.5) is 5.69 Å². The number of hydrogen-bond donors (Lipinski definition) is 2. The smallest absolute Gasteiger partial charge is 0.268 e. The number of H-pyrrole nitrogens is 1. The van der Waals surface area contributed by atoms with Crippen molar-refractivity contribution in [2.45, 2.75) is 13.0 Å². The number of amides is 2. The number of nitrogens with zero attached hydrogens (tertiary/aromatic N) is 1. The van der Waals surface area contributed by atoms with Gasteiger partial charge in [-0.1, -0.05) is 60.2 Å². The molecule has 0 aliphatic carbocycles. The van der Waals surface area contributed by atoms with Crippen LogP contribution in [0.25, 0.3) is 22.0 Å². The van der Waals surface area contributed by atoms with E-state index in [4.69, 9.17) is 4.74 Å². The molecule has 2 N–H and O–H groups in total. The molecule has 4 aromatic rings. The van der Waals surface area contributed by atoms with Gasteiger partial charge in [-0.05, 0) is 30.7 Å². The fourth-order valence-corrected chi connectivity index (χ4v) is 4.04. The molecule has 0 spiro atoms. The molecule has 0 fully saturated rings. The van der Waals surface area contributed by atoms with Crippen LogP contribution in [0.3, 0.4) is 0 Å². The van der Waals surface area contributed by atoms with E-state index in [1.807, 2.05) is 48.5 Å². The first-order chi connectivity index (χ1) is 15.5. The van der Waals surface area contributed by atoms with Crippen molar-refractivity contribution >= 4 is 28.4 Å². The molecular weight excluding hydrogens is 402 g/mol. The number of para-hydroxylation sites is 3. The standard InChI is InChI=1S/C26H23N3O3/c1-16-10-12-17(13-11-16)19-7-5-6-18-14-20(27-24(18)19)25(30)28-21-15-32-23-9-4-3-8-22(23)29(2)26(21)31/h3-14,21,27H,15H2,1-2H3,(H,28,30)/t21-/m0/s1. The Morgan fingerprint density at radius 3 is 2.66 bits per heavy atom. The first-order valence-electron chi connectivity index (χ1n) is 10.5. The molecule has 1 aliphatic heterocycles. The van der Waals surface area contributed by atoms with Crippen molar-refractivity contribution in [3.8, 4) is 16.9 Å². The Morgan fingerprint density at radius 2 is 1.84 bits per heavy atom. The molecule has 0 unspecified atom stereocenters. The predicted octanol–water partition coefficient (Wildman–Crippen LogP) is 4.30. The molecule has 6 nitrogen and oxygen atoms in total. The Bertz CT molecular complexity index is 1320. The second-order valence-corrected chi connectivity index (χ2v) is 8.02. The van der Waals surface area contributed by atoms with Crippen molar-refractivity contribution in [3.63, 3.8) is 0 Å². The van der Waals surface area contributed by atoms with Gasteiger partial charge in [-0.25, -0.2) is 0 Å². The molecular formula is C26H23N3O3. The highest BCUT2D eigenvalue weighted by Gasteiger charge is 2.31. The first kappa shape index (κ1) is 19.9. The van der Waals surface area contributed by atoms with Crippen LogP contribution in [0, 0.1) is 6.92 Å². The third-order valence-electron chi connectivity index (χ3n) is 5.83. The van der Waals surface area contributed by atoms with Crippen LogP contribution in [-0.4, -0.2) is 36.5 Å². The molecule has 2 amide bonds. The molecule has 1 atom stereocenters. The van der Waals surface area contributed by atoms with Crippen LogP contribution in [0.5, 0.6) is 5.75 Å². The van der Waals surface area contributed by atoms with Crippen molar-refractivity contribution < 1.29 is 14.3 Å². The molecule has 0 saturated heterocycles. The molecule has 2 heterocycles. The van der Waals surface area contributed by atoms with Gasteiger partial charge in [0.15, 0.2) is 0 Å². The molecule has 0 saturated carbocycles. The molecule has 6 heteroatoms. The SMILES string of the molecule is Cc1ccc(-c2cccc3cc(C(=O)N[C@H]4COc5ccccc5N(C)C4=O)[nH]c23)cc1. The molecule has 1 aromatic heterocycles. The molecule has 32 heavy (non-hydrogen) atoms. The maximum absolute atomic E-state index is 13.0. The molecule has 0 bridgehead atoms. The molecule has 0 radical (unpaired) electrons. The average molecular weight is 425 g/mol. The fourth-order valence-electron chi connectivity index (χ4n) is 4.04. The number of benzene rings is 3. The highest BCUT2D eigenvalue weighted by atomic mass is 16.5. The van der Waals surface area contributed by atoms with Gasteiger partial charge < -0.3 is 19.9 Å². The average Bonchev–Trinajstić information content (AvgIpc) is 3.22. The van der Waals surface area contributed by atoms with E-state index in [2.05, 4.69) is 41.5 Å². The van der Waals surface area contributed by atoms with E-state index < -0.39 is 6.04 Å². The number of ether oxygens (including phenoxy) is 1. The van der Waals surface area contributed by atoms with Crippen molar-refractivity contribution in [3.05, 3.63) is 84.1 Å². The molecule has 3 aromatic carbocycles. The third-order valence-corrected chi connectivity index (χ3v) is 5.83. The van der Waals surface area contributed by atoms with E-state index in [9.17, 15) is 9.59 Å². The lowest BCUT2D eigenvalue weighted by molar-refractivity contribution is -0.120. The van der Waals surface area contributed by atoms with Gasteiger partial charge >= 0.3 is 0 Å². The summed E-state index contributed by atoms with van der Waals surface area (Å²) < 4.78 is 5.80. The molecule has 5 rings (SSSR count). The summed E-state index contributed by atoms with van der Waals surface area (Å²) in [6.45, 7) is 2.12. The number of fused-ring (bicyclic) bond motifs is 2. The quantitative estimate of drug-likeness (QED) is 0.514. The van der Waals surface area contributed by atoms with Gasteiger partial charge in [0.25, 0.3) is 11.8 Å². The Kier molecular flexibility index (Phi) is 4.90. The van der Waals surface area contributed by atoms with Crippen LogP contribution in [0.2, 0.25) is 0 Å². The summed E-state index contributed by atoms with van der Waals surface area (Å²) in [5, 5.41) is 3.76. The summed E-state index contributed by atoms with van der Waals surface area (Å²) in [4.78, 5) is 30.7. The number of nitrogens with one attached hydrogen (secondary N) is 2. The highest BCUT2D eigenvalue weighted by Crippen LogP contribution is 2.31. The van der Waals surface area contributed by atoms with Crippen molar-refractivity contribution in [1.82, 2.24) is 10.3 Å². The van der Waals surface area contributed by atoms with E-state index in [0.717, 1.165) is 22.0 Å². The van der Waals surface area contributed by atoms with Crippen LogP contribution >= 0.6 is 0 Å². The Balaban J connectivity index is 1.41. The third kappa shape index (κ3) is 3.50. The van der Waals surface area contributed by atoms with Crippen molar-refractivity contribution in [1.29, 1.82) is 0 Å². The van der Waals surface area contributed by atoms with Gasteiger partial charge in [-0.2, -0.15) is 0 Å². The number of aromatic nitrogens is 1. The zero-order valence-electron chi connectivity index (χ0n) is 17.9. The zero-order chi connectivity index (χ0) is 22.2. The second-order valence-electron chi connectivity index (χ2n) is 8.02. The van der Waals surface area contributed by atoms with E-state index in [1.54, 1.807) is 7.05 Å². The lowest BCUT2D eigenvalue weighted by atomic mass is 10.0. The maximum atomic E-state index is 13.0.